The van der Waals surface area contributed by atoms with Crippen molar-refractivity contribution < 1.29 is 19.7 Å². The second-order valence-corrected chi connectivity index (χ2v) is 5.86. The van der Waals surface area contributed by atoms with Crippen LogP contribution in [0.5, 0.6) is 0 Å². The standard InChI is InChI=1S/C12H15ClN8O5/c1-20(19-25)12(24)16-5-4(2-22)26-10(7(5)23)21-3-15-6-8(14)17-11(13)18-9(6)21/h3-5,7,10,22-23H,2H2,1H3,(H,16,24)(H2,14,17,18)/t4-,5-,7-,10-/m1/s1. The van der Waals surface area contributed by atoms with Crippen molar-refractivity contribution >= 4 is 34.6 Å². The lowest BCUT2D eigenvalue weighted by Gasteiger charge is -2.21. The molecule has 0 saturated carbocycles. The van der Waals surface area contributed by atoms with Gasteiger partial charge in [0.2, 0.25) is 5.28 Å². The Labute approximate surface area is 150 Å². The summed E-state index contributed by atoms with van der Waals surface area (Å²) in [5.74, 6) is 0.0495. The molecule has 0 bridgehead atoms. The number of fused-ring (bicyclic) bond motifs is 1. The number of aliphatic hydroxyl groups excluding tert-OH is 2. The van der Waals surface area contributed by atoms with Crippen LogP contribution in [0.15, 0.2) is 11.6 Å². The van der Waals surface area contributed by atoms with E-state index in [2.05, 4.69) is 25.6 Å². The maximum atomic E-state index is 11.8. The number of carbonyl (C=O) groups is 1. The minimum Gasteiger partial charge on any atom is -0.394 e. The molecule has 2 aromatic rings. The number of aliphatic hydroxyl groups is 2. The third kappa shape index (κ3) is 3.01. The van der Waals surface area contributed by atoms with Crippen molar-refractivity contribution in [3.63, 3.8) is 0 Å². The first kappa shape index (κ1) is 18.2. The van der Waals surface area contributed by atoms with Gasteiger partial charge in [0.15, 0.2) is 17.7 Å². The number of nitrogens with one attached hydrogen (secondary N) is 1. The predicted octanol–water partition coefficient (Wildman–Crippen LogP) is -0.996. The Balaban J connectivity index is 1.92. The summed E-state index contributed by atoms with van der Waals surface area (Å²) >= 11 is 5.81. The number of carbonyl (C=O) groups excluding carboxylic acids is 1. The highest BCUT2D eigenvalue weighted by molar-refractivity contribution is 6.28. The molecule has 1 saturated heterocycles. The number of amides is 2. The summed E-state index contributed by atoms with van der Waals surface area (Å²) < 4.78 is 6.98. The monoisotopic (exact) mass is 386 g/mol. The van der Waals surface area contributed by atoms with Gasteiger partial charge in [0, 0.05) is 7.05 Å². The van der Waals surface area contributed by atoms with Crippen molar-refractivity contribution in [2.75, 3.05) is 19.4 Å². The number of rotatable bonds is 4. The highest BCUT2D eigenvalue weighted by Gasteiger charge is 2.46. The molecule has 1 aliphatic heterocycles. The lowest BCUT2D eigenvalue weighted by molar-refractivity contribution is -0.0489. The molecule has 3 heterocycles. The van der Waals surface area contributed by atoms with Crippen LogP contribution in [0.25, 0.3) is 11.2 Å². The Morgan fingerprint density at radius 1 is 1.58 bits per heavy atom. The highest BCUT2D eigenvalue weighted by atomic mass is 35.5. The zero-order valence-electron chi connectivity index (χ0n) is 13.4. The fraction of sp³-hybridized carbons (Fsp3) is 0.500. The van der Waals surface area contributed by atoms with Gasteiger partial charge < -0.3 is 26.0 Å². The van der Waals surface area contributed by atoms with Crippen LogP contribution in [-0.2, 0) is 4.74 Å². The number of nitrogen functional groups attached to an aromatic ring is 1. The molecule has 4 atom stereocenters. The molecule has 140 valence electrons. The number of nitrogens with two attached hydrogens (primary N) is 1. The van der Waals surface area contributed by atoms with Gasteiger partial charge in [-0.1, -0.05) is 0 Å². The van der Waals surface area contributed by atoms with E-state index >= 15 is 0 Å². The third-order valence-corrected chi connectivity index (χ3v) is 4.13. The van der Waals surface area contributed by atoms with E-state index < -0.39 is 37.1 Å². The number of imidazole rings is 1. The quantitative estimate of drug-likeness (QED) is 0.291. The topological polar surface area (TPSA) is 181 Å². The lowest BCUT2D eigenvalue weighted by atomic mass is 10.1. The zero-order valence-corrected chi connectivity index (χ0v) is 14.1. The van der Waals surface area contributed by atoms with Gasteiger partial charge >= 0.3 is 6.03 Å². The smallest absolute Gasteiger partial charge is 0.340 e. The van der Waals surface area contributed by atoms with E-state index in [1.165, 1.54) is 10.9 Å². The van der Waals surface area contributed by atoms with Crippen molar-refractivity contribution in [1.82, 2.24) is 29.8 Å². The summed E-state index contributed by atoms with van der Waals surface area (Å²) in [5.41, 5.74) is 6.20. The van der Waals surface area contributed by atoms with Gasteiger partial charge in [-0.3, -0.25) is 4.57 Å². The average molecular weight is 387 g/mol. The van der Waals surface area contributed by atoms with Crippen molar-refractivity contribution in [3.05, 3.63) is 16.5 Å². The highest BCUT2D eigenvalue weighted by Crippen LogP contribution is 2.32. The molecule has 1 aliphatic rings. The normalized spacial score (nSPS) is 25.4. The number of urea groups is 1. The number of ether oxygens (including phenoxy) is 1. The van der Waals surface area contributed by atoms with Crippen LogP contribution in [0.3, 0.4) is 0 Å². The largest absolute Gasteiger partial charge is 0.394 e. The molecule has 2 amide bonds. The van der Waals surface area contributed by atoms with E-state index in [1.807, 2.05) is 0 Å². The Morgan fingerprint density at radius 2 is 2.31 bits per heavy atom. The van der Waals surface area contributed by atoms with Gasteiger partial charge in [-0.25, -0.2) is 9.78 Å². The summed E-state index contributed by atoms with van der Waals surface area (Å²) in [7, 11) is 1.14. The Morgan fingerprint density at radius 3 is 2.96 bits per heavy atom. The molecule has 0 unspecified atom stereocenters. The first-order valence-electron chi connectivity index (χ1n) is 7.34. The van der Waals surface area contributed by atoms with Crippen molar-refractivity contribution in [1.29, 1.82) is 0 Å². The molecular weight excluding hydrogens is 372 g/mol. The fourth-order valence-corrected chi connectivity index (χ4v) is 2.85. The molecule has 0 aliphatic carbocycles. The number of aromatic nitrogens is 4. The molecule has 13 nitrogen and oxygen atoms in total. The maximum Gasteiger partial charge on any atom is 0.340 e. The van der Waals surface area contributed by atoms with E-state index in [4.69, 9.17) is 22.1 Å². The second kappa shape index (κ2) is 6.95. The summed E-state index contributed by atoms with van der Waals surface area (Å²) in [6.07, 6.45) is -1.99. The summed E-state index contributed by atoms with van der Waals surface area (Å²) in [5, 5.41) is 25.3. The van der Waals surface area contributed by atoms with E-state index in [0.29, 0.717) is 5.01 Å². The average Bonchev–Trinajstić information content (AvgIpc) is 3.16. The van der Waals surface area contributed by atoms with Crippen LogP contribution in [0.2, 0.25) is 5.28 Å². The molecule has 3 rings (SSSR count). The van der Waals surface area contributed by atoms with Gasteiger partial charge in [-0.2, -0.15) is 15.0 Å². The molecule has 0 aromatic carbocycles. The molecule has 1 fully saturated rings. The van der Waals surface area contributed by atoms with Gasteiger partial charge in [-0.05, 0) is 11.6 Å². The lowest BCUT2D eigenvalue weighted by Crippen LogP contribution is -2.51. The number of anilines is 1. The minimum absolute atomic E-state index is 0.0495. The number of hydrogen-bond donors (Lipinski definition) is 4. The summed E-state index contributed by atoms with van der Waals surface area (Å²) in [6, 6.07) is -1.88. The number of halogens is 1. The number of hydrogen-bond acceptors (Lipinski definition) is 10. The van der Waals surface area contributed by atoms with Crippen molar-refractivity contribution in [3.8, 4) is 0 Å². The SMILES string of the molecule is CN(N=O)C(=O)N[C@H]1[C@@H](O)[C@H](n2cnc3c(N)nc(Cl)nc32)O[C@@H]1CO. The summed E-state index contributed by atoms with van der Waals surface area (Å²) in [6.45, 7) is -0.499. The molecule has 26 heavy (non-hydrogen) atoms. The van der Waals surface area contributed by atoms with Gasteiger partial charge in [-0.15, -0.1) is 4.91 Å². The Kier molecular flexibility index (Phi) is 4.86. The molecule has 0 radical (unpaired) electrons. The van der Waals surface area contributed by atoms with Gasteiger partial charge in [0.25, 0.3) is 0 Å². The minimum atomic E-state index is -1.30. The second-order valence-electron chi connectivity index (χ2n) is 5.52. The van der Waals surface area contributed by atoms with Gasteiger partial charge in [0.1, 0.15) is 17.7 Å². The van der Waals surface area contributed by atoms with Crippen molar-refractivity contribution in [2.45, 2.75) is 24.5 Å². The molecule has 14 heteroatoms. The Hall–Kier alpha value is -2.61. The van der Waals surface area contributed by atoms with Crippen LogP contribution in [0.1, 0.15) is 6.23 Å². The first-order valence-corrected chi connectivity index (χ1v) is 7.72. The maximum absolute atomic E-state index is 11.8. The van der Waals surface area contributed by atoms with Crippen LogP contribution >= 0.6 is 11.6 Å². The predicted molar refractivity (Wildman–Crippen MR) is 87.6 cm³/mol. The van der Waals surface area contributed by atoms with Crippen LogP contribution in [-0.4, -0.2) is 72.7 Å². The number of nitroso groups, excluding NO2 is 1. The first-order chi connectivity index (χ1) is 12.4. The molecule has 5 N–H and O–H groups in total. The molecule has 0 spiro atoms. The van der Waals surface area contributed by atoms with E-state index in [-0.39, 0.29) is 22.3 Å². The summed E-state index contributed by atoms with van der Waals surface area (Å²) in [4.78, 5) is 34.1. The fourth-order valence-electron chi connectivity index (χ4n) is 2.68. The zero-order chi connectivity index (χ0) is 19.0. The Bertz CT molecular complexity index is 846. The molecular formula is C12H15ClN8O5. The van der Waals surface area contributed by atoms with E-state index in [0.717, 1.165) is 7.05 Å². The van der Waals surface area contributed by atoms with Crippen LogP contribution in [0.4, 0.5) is 10.6 Å². The van der Waals surface area contributed by atoms with Crippen molar-refractivity contribution in [2.24, 2.45) is 5.29 Å². The van der Waals surface area contributed by atoms with Crippen LogP contribution in [0, 0.1) is 4.91 Å². The van der Waals surface area contributed by atoms with E-state index in [9.17, 15) is 19.9 Å². The number of nitrogens with zero attached hydrogens (tertiary/aromatic N) is 6. The molecule has 2 aromatic heterocycles. The van der Waals surface area contributed by atoms with E-state index in [1.54, 1.807) is 0 Å². The van der Waals surface area contributed by atoms with Crippen LogP contribution < -0.4 is 11.1 Å². The van der Waals surface area contributed by atoms with Gasteiger partial charge in [0.05, 0.1) is 24.3 Å². The third-order valence-electron chi connectivity index (χ3n) is 3.96.